The van der Waals surface area contributed by atoms with E-state index in [2.05, 4.69) is 0 Å². The molecule has 1 fully saturated rings. The molecule has 1 aromatic rings. The molecule has 0 aliphatic carbocycles. The number of benzene rings is 1. The summed E-state index contributed by atoms with van der Waals surface area (Å²) in [4.78, 5) is 26.3. The van der Waals surface area contributed by atoms with Gasteiger partial charge in [-0.25, -0.2) is 14.0 Å². The first-order chi connectivity index (χ1) is 14.4. The van der Waals surface area contributed by atoms with E-state index in [0.29, 0.717) is 43.6 Å². The second-order valence-electron chi connectivity index (χ2n) is 9.14. The van der Waals surface area contributed by atoms with Crippen LogP contribution in [-0.2, 0) is 21.3 Å². The molecule has 2 rings (SSSR count). The van der Waals surface area contributed by atoms with Gasteiger partial charge >= 0.3 is 12.1 Å². The molecular formula is C24H35FN2O4. The predicted octanol–water partition coefficient (Wildman–Crippen LogP) is 5.26. The first-order valence-corrected chi connectivity index (χ1v) is 11.0. The van der Waals surface area contributed by atoms with Crippen molar-refractivity contribution >= 4 is 17.8 Å². The standard InChI is InChI=1S/C24H35FN2O4/c1-7-9-17-14-18(21(28)30-8-2)15-19(25)20(17)24(16(3)26)10-12-27(13-11-24)22(29)31-23(4,5)6/h14-15,26H,7-13H2,1-6H3. The molecule has 1 heterocycles. The maximum Gasteiger partial charge on any atom is 0.410 e. The second-order valence-corrected chi connectivity index (χ2v) is 9.14. The van der Waals surface area contributed by atoms with Crippen molar-refractivity contribution < 1.29 is 23.5 Å². The maximum absolute atomic E-state index is 15.5. The van der Waals surface area contributed by atoms with Gasteiger partial charge in [-0.1, -0.05) is 13.3 Å². The number of amides is 1. The molecule has 1 aliphatic heterocycles. The number of nitrogens with zero attached hydrogens (tertiary/aromatic N) is 1. The van der Waals surface area contributed by atoms with E-state index in [1.54, 1.807) is 24.8 Å². The lowest BCUT2D eigenvalue weighted by atomic mass is 9.67. The van der Waals surface area contributed by atoms with Gasteiger partial charge in [0.05, 0.1) is 12.2 Å². The van der Waals surface area contributed by atoms with E-state index >= 15 is 4.39 Å². The Morgan fingerprint density at radius 2 is 1.81 bits per heavy atom. The first kappa shape index (κ1) is 24.8. The van der Waals surface area contributed by atoms with Crippen LogP contribution in [0.15, 0.2) is 12.1 Å². The summed E-state index contributed by atoms with van der Waals surface area (Å²) in [5.41, 5.74) is 0.334. The van der Waals surface area contributed by atoms with Crippen molar-refractivity contribution in [3.8, 4) is 0 Å². The number of aryl methyl sites for hydroxylation is 1. The molecule has 1 aromatic carbocycles. The summed E-state index contributed by atoms with van der Waals surface area (Å²) < 4.78 is 26.0. The molecule has 6 nitrogen and oxygen atoms in total. The molecule has 0 bridgehead atoms. The zero-order valence-corrected chi connectivity index (χ0v) is 19.6. The molecule has 0 atom stereocenters. The summed E-state index contributed by atoms with van der Waals surface area (Å²) in [6, 6.07) is 2.92. The molecule has 1 aliphatic rings. The van der Waals surface area contributed by atoms with E-state index < -0.39 is 28.9 Å². The maximum atomic E-state index is 15.5. The lowest BCUT2D eigenvalue weighted by Crippen LogP contribution is -2.50. The van der Waals surface area contributed by atoms with Crippen LogP contribution in [0.25, 0.3) is 0 Å². The number of hydrogen-bond donors (Lipinski definition) is 1. The smallest absolute Gasteiger partial charge is 0.410 e. The van der Waals surface area contributed by atoms with Crippen molar-refractivity contribution in [2.45, 2.75) is 78.2 Å². The first-order valence-electron chi connectivity index (χ1n) is 11.0. The van der Waals surface area contributed by atoms with Gasteiger partial charge in [0.1, 0.15) is 11.4 Å². The summed E-state index contributed by atoms with van der Waals surface area (Å²) >= 11 is 0. The topological polar surface area (TPSA) is 79.7 Å². The van der Waals surface area contributed by atoms with Crippen LogP contribution in [0.2, 0.25) is 0 Å². The molecule has 0 unspecified atom stereocenters. The highest BCUT2D eigenvalue weighted by molar-refractivity contribution is 5.93. The van der Waals surface area contributed by atoms with Crippen LogP contribution < -0.4 is 0 Å². The third kappa shape index (κ3) is 5.63. The SMILES string of the molecule is CCCc1cc(C(=O)OCC)cc(F)c1C1(C(C)=N)CCN(C(=O)OC(C)(C)C)CC1. The lowest BCUT2D eigenvalue weighted by Gasteiger charge is -2.43. The Hall–Kier alpha value is -2.44. The minimum atomic E-state index is -0.819. The Morgan fingerprint density at radius 3 is 2.29 bits per heavy atom. The molecule has 31 heavy (non-hydrogen) atoms. The second kappa shape index (κ2) is 9.79. The van der Waals surface area contributed by atoms with Crippen LogP contribution >= 0.6 is 0 Å². The fourth-order valence-electron chi connectivity index (χ4n) is 4.21. The van der Waals surface area contributed by atoms with Crippen molar-refractivity contribution in [1.82, 2.24) is 4.90 Å². The van der Waals surface area contributed by atoms with Gasteiger partial charge in [0, 0.05) is 29.8 Å². The van der Waals surface area contributed by atoms with E-state index in [1.807, 2.05) is 27.7 Å². The normalized spacial score (nSPS) is 16.0. The van der Waals surface area contributed by atoms with E-state index in [-0.39, 0.29) is 12.2 Å². The quantitative estimate of drug-likeness (QED) is 0.489. The van der Waals surface area contributed by atoms with Crippen molar-refractivity contribution in [3.63, 3.8) is 0 Å². The van der Waals surface area contributed by atoms with Gasteiger partial charge in [-0.2, -0.15) is 0 Å². The van der Waals surface area contributed by atoms with Gasteiger partial charge in [0.15, 0.2) is 0 Å². The molecule has 1 N–H and O–H groups in total. The summed E-state index contributed by atoms with van der Waals surface area (Å²) in [7, 11) is 0. The summed E-state index contributed by atoms with van der Waals surface area (Å²) in [5.74, 6) is -1.04. The molecule has 1 amide bonds. The molecule has 1 saturated heterocycles. The molecule has 0 spiro atoms. The molecule has 0 aromatic heterocycles. The van der Waals surface area contributed by atoms with Gasteiger partial charge in [-0.3, -0.25) is 0 Å². The minimum Gasteiger partial charge on any atom is -0.462 e. The van der Waals surface area contributed by atoms with Gasteiger partial charge in [0.2, 0.25) is 0 Å². The van der Waals surface area contributed by atoms with Crippen LogP contribution in [0.5, 0.6) is 0 Å². The van der Waals surface area contributed by atoms with Crippen LogP contribution in [-0.4, -0.2) is 48.0 Å². The van der Waals surface area contributed by atoms with E-state index in [4.69, 9.17) is 14.9 Å². The summed E-state index contributed by atoms with van der Waals surface area (Å²) in [5, 5.41) is 8.53. The zero-order chi connectivity index (χ0) is 23.4. The van der Waals surface area contributed by atoms with Crippen molar-refractivity contribution in [3.05, 3.63) is 34.6 Å². The number of esters is 1. The molecule has 0 radical (unpaired) electrons. The number of rotatable bonds is 6. The third-order valence-electron chi connectivity index (χ3n) is 5.67. The third-order valence-corrected chi connectivity index (χ3v) is 5.67. The fraction of sp³-hybridized carbons (Fsp3) is 0.625. The molecule has 172 valence electrons. The van der Waals surface area contributed by atoms with E-state index in [9.17, 15) is 9.59 Å². The van der Waals surface area contributed by atoms with E-state index in [1.165, 1.54) is 6.07 Å². The zero-order valence-electron chi connectivity index (χ0n) is 19.6. The van der Waals surface area contributed by atoms with Gasteiger partial charge in [-0.05, 0) is 71.6 Å². The Morgan fingerprint density at radius 1 is 1.19 bits per heavy atom. The molecular weight excluding hydrogens is 399 g/mol. The van der Waals surface area contributed by atoms with Crippen LogP contribution in [0.3, 0.4) is 0 Å². The van der Waals surface area contributed by atoms with Crippen molar-refractivity contribution in [1.29, 1.82) is 5.41 Å². The summed E-state index contributed by atoms with van der Waals surface area (Å²) in [6.45, 7) is 11.8. The predicted molar refractivity (Wildman–Crippen MR) is 118 cm³/mol. The van der Waals surface area contributed by atoms with Gasteiger partial charge < -0.3 is 19.8 Å². The Labute approximate surface area is 184 Å². The highest BCUT2D eigenvalue weighted by atomic mass is 19.1. The highest BCUT2D eigenvalue weighted by Crippen LogP contribution is 2.41. The van der Waals surface area contributed by atoms with Crippen LogP contribution in [0, 0.1) is 11.2 Å². The lowest BCUT2D eigenvalue weighted by molar-refractivity contribution is 0.0187. The number of nitrogens with one attached hydrogen (secondary N) is 1. The number of likely N-dealkylation sites (tertiary alicyclic amines) is 1. The highest BCUT2D eigenvalue weighted by Gasteiger charge is 2.43. The average Bonchev–Trinajstić information content (AvgIpc) is 2.66. The largest absolute Gasteiger partial charge is 0.462 e. The average molecular weight is 435 g/mol. The number of carbonyl (C=O) groups is 2. The number of halogens is 1. The van der Waals surface area contributed by atoms with Crippen molar-refractivity contribution in [2.75, 3.05) is 19.7 Å². The summed E-state index contributed by atoms with van der Waals surface area (Å²) in [6.07, 6.45) is 1.82. The number of ether oxygens (including phenoxy) is 2. The molecule has 0 saturated carbocycles. The van der Waals surface area contributed by atoms with Crippen LogP contribution in [0.4, 0.5) is 9.18 Å². The monoisotopic (exact) mass is 434 g/mol. The number of carbonyl (C=O) groups excluding carboxylic acids is 2. The van der Waals surface area contributed by atoms with E-state index in [0.717, 1.165) is 12.0 Å². The molecule has 7 heteroatoms. The number of hydrogen-bond acceptors (Lipinski definition) is 5. The Kier molecular flexibility index (Phi) is 7.84. The van der Waals surface area contributed by atoms with Crippen molar-refractivity contribution in [2.24, 2.45) is 0 Å². The Bertz CT molecular complexity index is 837. The van der Waals surface area contributed by atoms with Crippen LogP contribution in [0.1, 0.15) is 82.3 Å². The van der Waals surface area contributed by atoms with Gasteiger partial charge in [-0.15, -0.1) is 0 Å². The van der Waals surface area contributed by atoms with Gasteiger partial charge in [0.25, 0.3) is 0 Å². The minimum absolute atomic E-state index is 0.190. The number of piperidine rings is 1. The fourth-order valence-corrected chi connectivity index (χ4v) is 4.21. The Balaban J connectivity index is 2.42.